The fourth-order valence-electron chi connectivity index (χ4n) is 1.35. The molecule has 2 rings (SSSR count). The monoisotopic (exact) mass is 245 g/mol. The third-order valence-electron chi connectivity index (χ3n) is 2.25. The number of hydrogen-bond donors (Lipinski definition) is 1. The Bertz CT molecular complexity index is 546. The van der Waals surface area contributed by atoms with Gasteiger partial charge in [0.25, 0.3) is 0 Å². The summed E-state index contributed by atoms with van der Waals surface area (Å²) >= 11 is 0. The van der Waals surface area contributed by atoms with Crippen molar-refractivity contribution in [3.63, 3.8) is 0 Å². The zero-order valence-corrected chi connectivity index (χ0v) is 8.64. The highest BCUT2D eigenvalue weighted by molar-refractivity contribution is 5.42. The maximum absolute atomic E-state index is 13.4. The normalized spacial score (nSPS) is 10.9. The minimum absolute atomic E-state index is 0.0217. The van der Waals surface area contributed by atoms with Gasteiger partial charge in [-0.3, -0.25) is 0 Å². The molecule has 17 heavy (non-hydrogen) atoms. The first-order chi connectivity index (χ1) is 7.91. The van der Waals surface area contributed by atoms with Crippen LogP contribution >= 0.6 is 0 Å². The fourth-order valence-corrected chi connectivity index (χ4v) is 1.35. The van der Waals surface area contributed by atoms with Crippen LogP contribution in [-0.2, 0) is 0 Å². The lowest BCUT2D eigenvalue weighted by molar-refractivity contribution is 0.444. The second kappa shape index (κ2) is 3.76. The number of nitrogens with zero attached hydrogens (tertiary/aromatic N) is 2. The number of aromatic nitrogens is 2. The van der Waals surface area contributed by atoms with E-state index in [4.69, 9.17) is 5.73 Å². The molecule has 0 atom stereocenters. The molecule has 0 unspecified atom stereocenters. The average Bonchev–Trinajstić information content (AvgIpc) is 2.57. The average molecular weight is 245 g/mol. The van der Waals surface area contributed by atoms with E-state index in [0.29, 0.717) is 10.2 Å². The Morgan fingerprint density at radius 1 is 1.12 bits per heavy atom. The molecule has 0 fully saturated rings. The molecule has 0 aliphatic carbocycles. The Kier molecular flexibility index (Phi) is 2.53. The van der Waals surface area contributed by atoms with Gasteiger partial charge in [0, 0.05) is 17.8 Å². The molecule has 2 N–H and O–H groups in total. The van der Waals surface area contributed by atoms with Crippen molar-refractivity contribution < 1.29 is 17.6 Å². The number of hydrogen-bond acceptors (Lipinski definition) is 2. The van der Waals surface area contributed by atoms with E-state index in [1.165, 1.54) is 6.20 Å². The van der Waals surface area contributed by atoms with Crippen LogP contribution in [0, 0.1) is 30.2 Å². The SMILES string of the molecule is Cc1cn(-c2c(F)c(F)cc(F)c2F)nc1N. The molecule has 3 nitrogen and oxygen atoms in total. The lowest BCUT2D eigenvalue weighted by atomic mass is 10.2. The van der Waals surface area contributed by atoms with Crippen molar-refractivity contribution in [2.45, 2.75) is 6.92 Å². The maximum atomic E-state index is 13.4. The molecule has 0 bridgehead atoms. The van der Waals surface area contributed by atoms with Crippen LogP contribution in [0.4, 0.5) is 23.4 Å². The predicted octanol–water partition coefficient (Wildman–Crippen LogP) is 2.32. The molecule has 1 aromatic heterocycles. The van der Waals surface area contributed by atoms with Crippen LogP contribution < -0.4 is 5.73 Å². The Balaban J connectivity index is 2.74. The van der Waals surface area contributed by atoms with Gasteiger partial charge in [-0.15, -0.1) is 0 Å². The molecule has 0 spiro atoms. The third kappa shape index (κ3) is 1.73. The molecule has 90 valence electrons. The van der Waals surface area contributed by atoms with Crippen molar-refractivity contribution in [3.05, 3.63) is 41.1 Å². The zero-order valence-electron chi connectivity index (χ0n) is 8.64. The van der Waals surface area contributed by atoms with E-state index >= 15 is 0 Å². The first kappa shape index (κ1) is 11.4. The summed E-state index contributed by atoms with van der Waals surface area (Å²) in [5, 5.41) is 3.57. The van der Waals surface area contributed by atoms with Crippen molar-refractivity contribution >= 4 is 5.82 Å². The van der Waals surface area contributed by atoms with Gasteiger partial charge < -0.3 is 5.73 Å². The fraction of sp³-hybridized carbons (Fsp3) is 0.100. The summed E-state index contributed by atoms with van der Waals surface area (Å²) in [6, 6.07) is 0.133. The van der Waals surface area contributed by atoms with Crippen molar-refractivity contribution in [2.24, 2.45) is 0 Å². The van der Waals surface area contributed by atoms with Gasteiger partial charge in [-0.2, -0.15) is 5.10 Å². The minimum Gasteiger partial charge on any atom is -0.382 e. The first-order valence-corrected chi connectivity index (χ1v) is 4.57. The van der Waals surface area contributed by atoms with E-state index in [-0.39, 0.29) is 11.9 Å². The van der Waals surface area contributed by atoms with E-state index in [1.54, 1.807) is 6.92 Å². The summed E-state index contributed by atoms with van der Waals surface area (Å²) in [5.74, 6) is -6.01. The highest BCUT2D eigenvalue weighted by Gasteiger charge is 2.21. The molecule has 0 saturated heterocycles. The van der Waals surface area contributed by atoms with Crippen molar-refractivity contribution in [1.29, 1.82) is 0 Å². The molecule has 1 heterocycles. The highest BCUT2D eigenvalue weighted by Crippen LogP contribution is 2.23. The lowest BCUT2D eigenvalue weighted by Gasteiger charge is -2.06. The van der Waals surface area contributed by atoms with Crippen molar-refractivity contribution in [2.75, 3.05) is 5.73 Å². The highest BCUT2D eigenvalue weighted by atomic mass is 19.2. The topological polar surface area (TPSA) is 43.8 Å². The molecule has 0 amide bonds. The van der Waals surface area contributed by atoms with Crippen LogP contribution in [0.3, 0.4) is 0 Å². The molecule has 0 aliphatic rings. The van der Waals surface area contributed by atoms with Crippen LogP contribution in [0.15, 0.2) is 12.3 Å². The zero-order chi connectivity index (χ0) is 12.7. The number of nitrogen functional groups attached to an aromatic ring is 1. The van der Waals surface area contributed by atoms with Crippen molar-refractivity contribution in [3.8, 4) is 5.69 Å². The Labute approximate surface area is 93.5 Å². The summed E-state index contributed by atoms with van der Waals surface area (Å²) in [4.78, 5) is 0. The molecule has 0 radical (unpaired) electrons. The first-order valence-electron chi connectivity index (χ1n) is 4.57. The molecule has 0 saturated carbocycles. The molecule has 2 aromatic rings. The number of anilines is 1. The van der Waals surface area contributed by atoms with Crippen LogP contribution in [0.2, 0.25) is 0 Å². The van der Waals surface area contributed by atoms with E-state index in [2.05, 4.69) is 5.10 Å². The summed E-state index contributed by atoms with van der Waals surface area (Å²) in [6.07, 6.45) is 1.18. The number of benzene rings is 1. The molecule has 7 heteroatoms. The summed E-state index contributed by atoms with van der Waals surface area (Å²) in [6.45, 7) is 1.55. The summed E-state index contributed by atoms with van der Waals surface area (Å²) in [5.41, 5.74) is 4.90. The second-order valence-electron chi connectivity index (χ2n) is 3.46. The van der Waals surface area contributed by atoms with Gasteiger partial charge in [-0.25, -0.2) is 22.2 Å². The summed E-state index contributed by atoms with van der Waals surface area (Å²) in [7, 11) is 0. The molecular weight excluding hydrogens is 238 g/mol. The van der Waals surface area contributed by atoms with Gasteiger partial charge in [0.2, 0.25) is 0 Å². The Morgan fingerprint density at radius 3 is 2.06 bits per heavy atom. The number of aryl methyl sites for hydroxylation is 1. The standard InChI is InChI=1S/C10H7F4N3/c1-4-3-17(16-10(4)15)9-7(13)5(11)2-6(12)8(9)14/h2-3H,1H3,(H2,15,16). The van der Waals surface area contributed by atoms with Gasteiger partial charge in [-0.1, -0.05) is 0 Å². The number of nitrogens with two attached hydrogens (primary N) is 1. The number of rotatable bonds is 1. The second-order valence-corrected chi connectivity index (χ2v) is 3.46. The molecule has 1 aromatic carbocycles. The minimum atomic E-state index is -1.52. The quantitative estimate of drug-likeness (QED) is 0.619. The predicted molar refractivity (Wildman–Crippen MR) is 52.5 cm³/mol. The number of halogens is 4. The van der Waals surface area contributed by atoms with Crippen LogP contribution in [0.25, 0.3) is 5.69 Å². The van der Waals surface area contributed by atoms with Crippen molar-refractivity contribution in [1.82, 2.24) is 9.78 Å². The Hall–Kier alpha value is -2.05. The molecule has 0 aliphatic heterocycles. The van der Waals surface area contributed by atoms with Crippen LogP contribution in [0.5, 0.6) is 0 Å². The van der Waals surface area contributed by atoms with E-state index in [9.17, 15) is 17.6 Å². The van der Waals surface area contributed by atoms with Crippen LogP contribution in [-0.4, -0.2) is 9.78 Å². The van der Waals surface area contributed by atoms with Gasteiger partial charge >= 0.3 is 0 Å². The largest absolute Gasteiger partial charge is 0.382 e. The third-order valence-corrected chi connectivity index (χ3v) is 2.25. The van der Waals surface area contributed by atoms with E-state index < -0.39 is 29.0 Å². The Morgan fingerprint density at radius 2 is 1.65 bits per heavy atom. The smallest absolute Gasteiger partial charge is 0.187 e. The summed E-state index contributed by atoms with van der Waals surface area (Å²) < 4.78 is 53.4. The van der Waals surface area contributed by atoms with E-state index in [0.717, 1.165) is 0 Å². The van der Waals surface area contributed by atoms with Crippen LogP contribution in [0.1, 0.15) is 5.56 Å². The molecular formula is C10H7F4N3. The maximum Gasteiger partial charge on any atom is 0.187 e. The van der Waals surface area contributed by atoms with Gasteiger partial charge in [0.1, 0.15) is 11.5 Å². The van der Waals surface area contributed by atoms with Gasteiger partial charge in [0.15, 0.2) is 23.3 Å². The van der Waals surface area contributed by atoms with Gasteiger partial charge in [0.05, 0.1) is 0 Å². The van der Waals surface area contributed by atoms with Gasteiger partial charge in [-0.05, 0) is 6.92 Å². The van der Waals surface area contributed by atoms with E-state index in [1.807, 2.05) is 0 Å². The lowest BCUT2D eigenvalue weighted by Crippen LogP contribution is -2.07.